The smallest absolute Gasteiger partial charge is 0.264 e. The number of nitrogens with zero attached hydrogens (tertiary/aromatic N) is 3. The minimum Gasteiger partial charge on any atom is -0.488 e. The fourth-order valence-electron chi connectivity index (χ4n) is 3.00. The van der Waals surface area contributed by atoms with Crippen molar-refractivity contribution >= 4 is 9.84 Å². The fourth-order valence-corrected chi connectivity index (χ4v) is 3.56. The number of sulfone groups is 1. The predicted octanol–water partition coefficient (Wildman–Crippen LogP) is 3.39. The summed E-state index contributed by atoms with van der Waals surface area (Å²) in [4.78, 5) is 7.18. The number of ether oxygens (including phenoxy) is 2. The van der Waals surface area contributed by atoms with Crippen LogP contribution in [0.25, 0.3) is 22.8 Å². The lowest BCUT2D eigenvalue weighted by Crippen LogP contribution is -2.16. The van der Waals surface area contributed by atoms with Gasteiger partial charge in [0.15, 0.2) is 14.9 Å². The summed E-state index contributed by atoms with van der Waals surface area (Å²) >= 11 is 0. The minimum absolute atomic E-state index is 0.0421. The van der Waals surface area contributed by atoms with Crippen LogP contribution < -0.4 is 9.47 Å². The molecule has 3 aromatic heterocycles. The van der Waals surface area contributed by atoms with E-state index in [0.717, 1.165) is 17.5 Å². The third kappa shape index (κ3) is 5.38. The highest BCUT2D eigenvalue weighted by molar-refractivity contribution is 7.90. The number of hydrogen-bond acceptors (Lipinski definition) is 9. The largest absolute Gasteiger partial charge is 0.488 e. The average Bonchev–Trinajstić information content (AvgIpc) is 3.42. The summed E-state index contributed by atoms with van der Waals surface area (Å²) in [6, 6.07) is 11.8. The zero-order chi connectivity index (χ0) is 23.6. The van der Waals surface area contributed by atoms with Gasteiger partial charge in [0.1, 0.15) is 29.0 Å². The van der Waals surface area contributed by atoms with Gasteiger partial charge in [-0.3, -0.25) is 0 Å². The normalized spacial score (nSPS) is 12.5. The maximum Gasteiger partial charge on any atom is 0.264 e. The van der Waals surface area contributed by atoms with Crippen LogP contribution in [-0.2, 0) is 9.84 Å². The zero-order valence-corrected chi connectivity index (χ0v) is 19.0. The molecule has 10 nitrogen and oxygen atoms in total. The summed E-state index contributed by atoms with van der Waals surface area (Å²) in [7, 11) is -3.41. The number of benzene rings is 1. The molecule has 2 N–H and O–H groups in total. The maximum atomic E-state index is 11.6. The van der Waals surface area contributed by atoms with Gasteiger partial charge in [0, 0.05) is 30.5 Å². The Labute approximate surface area is 190 Å². The summed E-state index contributed by atoms with van der Waals surface area (Å²) in [5, 5.41) is 17.2. The summed E-state index contributed by atoms with van der Waals surface area (Å²) in [5.41, 5.74) is 2.15. The van der Waals surface area contributed by atoms with E-state index in [4.69, 9.17) is 13.9 Å². The molecule has 0 unspecified atom stereocenters. The first-order valence-corrected chi connectivity index (χ1v) is 11.9. The fraction of sp³-hybridized carbons (Fsp3) is 0.227. The number of aromatic nitrogens is 4. The van der Waals surface area contributed by atoms with Crippen molar-refractivity contribution in [2.75, 3.05) is 12.9 Å². The molecule has 0 aliphatic heterocycles. The molecule has 33 heavy (non-hydrogen) atoms. The molecule has 0 bridgehead atoms. The first-order valence-electron chi connectivity index (χ1n) is 9.97. The highest BCUT2D eigenvalue weighted by Gasteiger charge is 2.14. The van der Waals surface area contributed by atoms with Gasteiger partial charge in [-0.25, -0.2) is 13.4 Å². The van der Waals surface area contributed by atoms with E-state index in [2.05, 4.69) is 20.2 Å². The van der Waals surface area contributed by atoms with Crippen LogP contribution >= 0.6 is 0 Å². The van der Waals surface area contributed by atoms with E-state index < -0.39 is 15.9 Å². The molecule has 0 aliphatic rings. The molecule has 0 saturated heterocycles. The molecule has 4 aromatic rings. The standard InChI is InChI=1S/C22H22N4O6S/c1-13(12-27)30-17-8-15(19-5-6-20(24-19)22-26-25-14(2)31-22)9-18(10-17)32-16-4-7-21(23-11-16)33(3,28)29/h4-11,13,24,27H,12H2,1-3H3/t13-/m0/s1. The van der Waals surface area contributed by atoms with Gasteiger partial charge in [0.05, 0.1) is 12.8 Å². The quantitative estimate of drug-likeness (QED) is 0.396. The van der Waals surface area contributed by atoms with Crippen LogP contribution in [0, 0.1) is 6.92 Å². The number of hydrogen-bond donors (Lipinski definition) is 2. The van der Waals surface area contributed by atoms with E-state index in [0.29, 0.717) is 34.7 Å². The molecule has 3 heterocycles. The molecule has 1 aromatic carbocycles. The van der Waals surface area contributed by atoms with Gasteiger partial charge in [-0.05, 0) is 43.3 Å². The van der Waals surface area contributed by atoms with E-state index in [-0.39, 0.29) is 11.6 Å². The molecule has 172 valence electrons. The predicted molar refractivity (Wildman–Crippen MR) is 119 cm³/mol. The number of pyridine rings is 1. The maximum absolute atomic E-state index is 11.6. The molecule has 0 aliphatic carbocycles. The van der Waals surface area contributed by atoms with Crippen LogP contribution in [0.15, 0.2) is 58.1 Å². The Bertz CT molecular complexity index is 1360. The SMILES string of the molecule is Cc1nnc(-c2ccc(-c3cc(Oc4ccc(S(C)(=O)=O)nc4)cc(O[C@@H](C)CO)c3)[nH]2)o1. The van der Waals surface area contributed by atoms with Gasteiger partial charge < -0.3 is 24.0 Å². The monoisotopic (exact) mass is 470 g/mol. The number of H-pyrrole nitrogens is 1. The van der Waals surface area contributed by atoms with Gasteiger partial charge in [-0.15, -0.1) is 10.2 Å². The lowest BCUT2D eigenvalue weighted by atomic mass is 10.1. The van der Waals surface area contributed by atoms with Crippen molar-refractivity contribution in [1.29, 1.82) is 0 Å². The van der Waals surface area contributed by atoms with E-state index in [1.165, 1.54) is 18.3 Å². The Balaban J connectivity index is 1.67. The van der Waals surface area contributed by atoms with E-state index in [1.54, 1.807) is 32.0 Å². The van der Waals surface area contributed by atoms with Crippen LogP contribution in [-0.4, -0.2) is 52.7 Å². The number of aryl methyl sites for hydroxylation is 1. The van der Waals surface area contributed by atoms with Crippen molar-refractivity contribution in [1.82, 2.24) is 20.2 Å². The van der Waals surface area contributed by atoms with E-state index in [1.807, 2.05) is 12.1 Å². The third-order valence-electron chi connectivity index (χ3n) is 4.55. The van der Waals surface area contributed by atoms with Crippen LogP contribution in [0.4, 0.5) is 0 Å². The second-order valence-corrected chi connectivity index (χ2v) is 9.39. The number of rotatable bonds is 8. The van der Waals surface area contributed by atoms with Gasteiger partial charge >= 0.3 is 0 Å². The van der Waals surface area contributed by atoms with Gasteiger partial charge in [-0.2, -0.15) is 0 Å². The first kappa shape index (κ1) is 22.5. The van der Waals surface area contributed by atoms with E-state index >= 15 is 0 Å². The highest BCUT2D eigenvalue weighted by Crippen LogP contribution is 2.33. The van der Waals surface area contributed by atoms with Crippen molar-refractivity contribution in [3.8, 4) is 40.1 Å². The van der Waals surface area contributed by atoms with Crippen molar-refractivity contribution in [3.05, 3.63) is 54.6 Å². The molecule has 0 fully saturated rings. The molecular formula is C22H22N4O6S. The number of aromatic amines is 1. The second kappa shape index (κ2) is 9.04. The van der Waals surface area contributed by atoms with Crippen molar-refractivity contribution < 1.29 is 27.4 Å². The molecule has 0 spiro atoms. The molecule has 0 saturated carbocycles. The number of nitrogens with one attached hydrogen (secondary N) is 1. The Kier molecular flexibility index (Phi) is 6.16. The van der Waals surface area contributed by atoms with Crippen LogP contribution in [0.1, 0.15) is 12.8 Å². The zero-order valence-electron chi connectivity index (χ0n) is 18.1. The van der Waals surface area contributed by atoms with Crippen LogP contribution in [0.5, 0.6) is 17.2 Å². The van der Waals surface area contributed by atoms with E-state index in [9.17, 15) is 13.5 Å². The first-order chi connectivity index (χ1) is 15.7. The highest BCUT2D eigenvalue weighted by atomic mass is 32.2. The third-order valence-corrected chi connectivity index (χ3v) is 5.55. The Morgan fingerprint density at radius 2 is 1.82 bits per heavy atom. The van der Waals surface area contributed by atoms with Crippen molar-refractivity contribution in [2.24, 2.45) is 0 Å². The number of aliphatic hydroxyl groups is 1. The Morgan fingerprint density at radius 1 is 1.06 bits per heavy atom. The van der Waals surface area contributed by atoms with Gasteiger partial charge in [0.25, 0.3) is 5.89 Å². The summed E-state index contributed by atoms with van der Waals surface area (Å²) in [6.45, 7) is 3.30. The Hall–Kier alpha value is -3.70. The molecule has 11 heteroatoms. The second-order valence-electron chi connectivity index (χ2n) is 7.42. The minimum atomic E-state index is -3.41. The molecular weight excluding hydrogens is 448 g/mol. The molecule has 1 atom stereocenters. The summed E-state index contributed by atoms with van der Waals surface area (Å²) < 4.78 is 40.4. The number of aliphatic hydroxyl groups excluding tert-OH is 1. The molecule has 0 radical (unpaired) electrons. The lowest BCUT2D eigenvalue weighted by Gasteiger charge is -2.15. The molecule has 0 amide bonds. The van der Waals surface area contributed by atoms with Crippen molar-refractivity contribution in [2.45, 2.75) is 25.0 Å². The topological polar surface area (TPSA) is 140 Å². The summed E-state index contributed by atoms with van der Waals surface area (Å²) in [5.74, 6) is 2.10. The van der Waals surface area contributed by atoms with Gasteiger partial charge in [0.2, 0.25) is 5.89 Å². The van der Waals surface area contributed by atoms with Crippen molar-refractivity contribution in [3.63, 3.8) is 0 Å². The Morgan fingerprint density at radius 3 is 2.45 bits per heavy atom. The van der Waals surface area contributed by atoms with Gasteiger partial charge in [-0.1, -0.05) is 0 Å². The van der Waals surface area contributed by atoms with Crippen LogP contribution in [0.3, 0.4) is 0 Å². The lowest BCUT2D eigenvalue weighted by molar-refractivity contribution is 0.129. The van der Waals surface area contributed by atoms with Crippen LogP contribution in [0.2, 0.25) is 0 Å². The molecule has 4 rings (SSSR count). The summed E-state index contributed by atoms with van der Waals surface area (Å²) in [6.07, 6.45) is 2.00. The average molecular weight is 471 g/mol.